The summed E-state index contributed by atoms with van der Waals surface area (Å²) in [6.45, 7) is 5.93. The van der Waals surface area contributed by atoms with E-state index < -0.39 is 0 Å². The molecule has 1 aromatic heterocycles. The zero-order chi connectivity index (χ0) is 21.7. The number of benzene rings is 1. The van der Waals surface area contributed by atoms with Crippen molar-refractivity contribution in [3.05, 3.63) is 53.7 Å². The molecular weight excluding hydrogens is 387 g/mol. The summed E-state index contributed by atoms with van der Waals surface area (Å²) in [4.78, 5) is 16.2. The number of halogens is 1. The van der Waals surface area contributed by atoms with Crippen LogP contribution in [0.4, 0.5) is 14.9 Å². The van der Waals surface area contributed by atoms with Crippen LogP contribution in [0.3, 0.4) is 0 Å². The fourth-order valence-corrected chi connectivity index (χ4v) is 3.74. The minimum absolute atomic E-state index is 0.0605. The summed E-state index contributed by atoms with van der Waals surface area (Å²) in [6.07, 6.45) is 1.73. The molecule has 164 valence electrons. The SMILES string of the molecule is CC1CN(c2ccc(CNC(=O)NCC(c3ccco3)N(C)C)cc2F)CC(C)O1. The Morgan fingerprint density at radius 2 is 1.97 bits per heavy atom. The minimum Gasteiger partial charge on any atom is -0.468 e. The maximum absolute atomic E-state index is 14.7. The van der Waals surface area contributed by atoms with Gasteiger partial charge in [0.15, 0.2) is 0 Å². The summed E-state index contributed by atoms with van der Waals surface area (Å²) >= 11 is 0. The van der Waals surface area contributed by atoms with Gasteiger partial charge in [0.25, 0.3) is 0 Å². The largest absolute Gasteiger partial charge is 0.468 e. The molecule has 0 spiro atoms. The summed E-state index contributed by atoms with van der Waals surface area (Å²) < 4.78 is 25.8. The smallest absolute Gasteiger partial charge is 0.315 e. The van der Waals surface area contributed by atoms with Gasteiger partial charge in [-0.2, -0.15) is 0 Å². The molecule has 1 aliphatic heterocycles. The average molecular weight is 419 g/mol. The number of amides is 2. The van der Waals surface area contributed by atoms with Gasteiger partial charge in [0.1, 0.15) is 11.6 Å². The van der Waals surface area contributed by atoms with Crippen LogP contribution in [0.5, 0.6) is 0 Å². The third-order valence-corrected chi connectivity index (χ3v) is 5.18. The number of urea groups is 1. The molecule has 30 heavy (non-hydrogen) atoms. The molecule has 1 aliphatic rings. The van der Waals surface area contributed by atoms with Crippen LogP contribution in [0.2, 0.25) is 0 Å². The number of anilines is 1. The zero-order valence-corrected chi connectivity index (χ0v) is 18.0. The van der Waals surface area contributed by atoms with Crippen molar-refractivity contribution in [3.8, 4) is 0 Å². The number of rotatable bonds is 7. The lowest BCUT2D eigenvalue weighted by molar-refractivity contribution is -0.00539. The summed E-state index contributed by atoms with van der Waals surface area (Å²) in [5.74, 6) is 0.492. The lowest BCUT2D eigenvalue weighted by Gasteiger charge is -2.37. The first-order valence-electron chi connectivity index (χ1n) is 10.2. The number of furan rings is 1. The molecule has 1 saturated heterocycles. The van der Waals surface area contributed by atoms with Crippen molar-refractivity contribution in [2.75, 3.05) is 38.6 Å². The molecule has 3 unspecified atom stereocenters. The van der Waals surface area contributed by atoms with Gasteiger partial charge in [-0.15, -0.1) is 0 Å². The summed E-state index contributed by atoms with van der Waals surface area (Å²) in [5.41, 5.74) is 1.27. The number of hydrogen-bond donors (Lipinski definition) is 2. The van der Waals surface area contributed by atoms with E-state index in [2.05, 4.69) is 10.6 Å². The van der Waals surface area contributed by atoms with Crippen LogP contribution in [-0.4, -0.2) is 56.9 Å². The van der Waals surface area contributed by atoms with Crippen molar-refractivity contribution >= 4 is 11.7 Å². The van der Waals surface area contributed by atoms with Crippen molar-refractivity contribution < 1.29 is 18.3 Å². The monoisotopic (exact) mass is 418 g/mol. The van der Waals surface area contributed by atoms with E-state index >= 15 is 0 Å². The van der Waals surface area contributed by atoms with Crippen LogP contribution in [0.1, 0.15) is 31.2 Å². The van der Waals surface area contributed by atoms with E-state index in [-0.39, 0.29) is 36.6 Å². The molecule has 0 aliphatic carbocycles. The van der Waals surface area contributed by atoms with Crippen molar-refractivity contribution in [2.24, 2.45) is 0 Å². The van der Waals surface area contributed by atoms with Gasteiger partial charge in [-0.25, -0.2) is 9.18 Å². The van der Waals surface area contributed by atoms with E-state index in [1.807, 2.05) is 55.9 Å². The topological polar surface area (TPSA) is 70.0 Å². The molecule has 2 aromatic rings. The highest BCUT2D eigenvalue weighted by Crippen LogP contribution is 2.24. The minimum atomic E-state index is -0.311. The van der Waals surface area contributed by atoms with Gasteiger partial charge < -0.3 is 24.7 Å². The van der Waals surface area contributed by atoms with E-state index in [9.17, 15) is 9.18 Å². The Morgan fingerprint density at radius 1 is 1.23 bits per heavy atom. The number of ether oxygens (including phenoxy) is 1. The second-order valence-electron chi connectivity index (χ2n) is 8.01. The first-order chi connectivity index (χ1) is 14.3. The molecule has 0 radical (unpaired) electrons. The normalized spacial score (nSPS) is 20.3. The molecule has 3 atom stereocenters. The standard InChI is InChI=1S/C22H31FN4O3/c1-15-13-27(14-16(2)30-15)19-8-7-17(10-18(19)23)11-24-22(28)25-12-20(26(3)4)21-6-5-9-29-21/h5-10,15-16,20H,11-14H2,1-4H3,(H2,24,25,28). The second kappa shape index (κ2) is 9.95. The van der Waals surface area contributed by atoms with Crippen molar-refractivity contribution in [1.82, 2.24) is 15.5 Å². The van der Waals surface area contributed by atoms with E-state index in [1.165, 1.54) is 6.07 Å². The lowest BCUT2D eigenvalue weighted by Crippen LogP contribution is -2.45. The number of nitrogens with zero attached hydrogens (tertiary/aromatic N) is 2. The van der Waals surface area contributed by atoms with Crippen molar-refractivity contribution in [2.45, 2.75) is 38.6 Å². The third kappa shape index (κ3) is 5.73. The lowest BCUT2D eigenvalue weighted by atomic mass is 10.1. The zero-order valence-electron chi connectivity index (χ0n) is 18.0. The molecule has 3 rings (SSSR count). The molecule has 8 heteroatoms. The Balaban J connectivity index is 1.52. The third-order valence-electron chi connectivity index (χ3n) is 5.18. The number of carbonyl (C=O) groups excluding carboxylic acids is 1. The molecule has 0 saturated carbocycles. The summed E-state index contributed by atoms with van der Waals surface area (Å²) in [5, 5.41) is 5.62. The van der Waals surface area contributed by atoms with Gasteiger partial charge >= 0.3 is 6.03 Å². The number of nitrogens with one attached hydrogen (secondary N) is 2. The van der Waals surface area contributed by atoms with Gasteiger partial charge in [0.2, 0.25) is 0 Å². The second-order valence-corrected chi connectivity index (χ2v) is 8.01. The number of morpholine rings is 1. The van der Waals surface area contributed by atoms with Crippen LogP contribution >= 0.6 is 0 Å². The van der Waals surface area contributed by atoms with Gasteiger partial charge in [-0.1, -0.05) is 6.07 Å². The first-order valence-corrected chi connectivity index (χ1v) is 10.2. The Kier molecular flexibility index (Phi) is 7.33. The Labute approximate surface area is 177 Å². The Bertz CT molecular complexity index is 818. The fourth-order valence-electron chi connectivity index (χ4n) is 3.74. The Hall–Kier alpha value is -2.58. The molecule has 2 amide bonds. The van der Waals surface area contributed by atoms with Crippen molar-refractivity contribution in [1.29, 1.82) is 0 Å². The van der Waals surface area contributed by atoms with Crippen LogP contribution in [-0.2, 0) is 11.3 Å². The van der Waals surface area contributed by atoms with Crippen LogP contribution < -0.4 is 15.5 Å². The van der Waals surface area contributed by atoms with Gasteiger partial charge in [0, 0.05) is 26.2 Å². The fraction of sp³-hybridized carbons (Fsp3) is 0.500. The van der Waals surface area contributed by atoms with Gasteiger partial charge in [-0.05, 0) is 57.8 Å². The van der Waals surface area contributed by atoms with Crippen molar-refractivity contribution in [3.63, 3.8) is 0 Å². The van der Waals surface area contributed by atoms with Gasteiger partial charge in [-0.3, -0.25) is 4.90 Å². The summed E-state index contributed by atoms with van der Waals surface area (Å²) in [7, 11) is 3.85. The molecular formula is C22H31FN4O3. The van der Waals surface area contributed by atoms with Gasteiger partial charge in [0.05, 0.1) is 30.2 Å². The first kappa shape index (κ1) is 22.1. The highest BCUT2D eigenvalue weighted by atomic mass is 19.1. The maximum atomic E-state index is 14.7. The predicted molar refractivity (Wildman–Crippen MR) is 114 cm³/mol. The van der Waals surface area contributed by atoms with Crippen LogP contribution in [0.25, 0.3) is 0 Å². The van der Waals surface area contributed by atoms with Crippen LogP contribution in [0, 0.1) is 5.82 Å². The number of hydrogen-bond acceptors (Lipinski definition) is 5. The molecule has 2 heterocycles. The quantitative estimate of drug-likeness (QED) is 0.723. The van der Waals surface area contributed by atoms with Crippen LogP contribution in [0.15, 0.2) is 41.0 Å². The number of carbonyl (C=O) groups is 1. The van der Waals surface area contributed by atoms with E-state index in [0.717, 1.165) is 5.76 Å². The molecule has 1 aromatic carbocycles. The van der Waals surface area contributed by atoms with E-state index in [4.69, 9.17) is 9.15 Å². The molecule has 1 fully saturated rings. The molecule has 7 nitrogen and oxygen atoms in total. The van der Waals surface area contributed by atoms with E-state index in [1.54, 1.807) is 12.3 Å². The highest BCUT2D eigenvalue weighted by molar-refractivity contribution is 5.73. The number of likely N-dealkylation sites (N-methyl/N-ethyl adjacent to an activating group) is 1. The van der Waals surface area contributed by atoms with E-state index in [0.29, 0.717) is 30.9 Å². The Morgan fingerprint density at radius 3 is 2.57 bits per heavy atom. The highest BCUT2D eigenvalue weighted by Gasteiger charge is 2.24. The summed E-state index contributed by atoms with van der Waals surface area (Å²) in [6, 6.07) is 8.41. The maximum Gasteiger partial charge on any atom is 0.315 e. The average Bonchev–Trinajstić information content (AvgIpc) is 3.20. The molecule has 2 N–H and O–H groups in total. The predicted octanol–water partition coefficient (Wildman–Crippen LogP) is 3.13. The molecule has 0 bridgehead atoms.